The summed E-state index contributed by atoms with van der Waals surface area (Å²) < 4.78 is 37.9. The fourth-order valence-electron chi connectivity index (χ4n) is 0.782. The van der Waals surface area contributed by atoms with E-state index in [2.05, 4.69) is 0 Å². The van der Waals surface area contributed by atoms with Crippen LogP contribution in [0, 0.1) is 24.4 Å². The number of hydrogen-bond donors (Lipinski definition) is 0. The van der Waals surface area contributed by atoms with E-state index in [1.54, 1.807) is 0 Å². The Balaban J connectivity index is 3.51. The lowest BCUT2D eigenvalue weighted by Gasteiger charge is -2.01. The summed E-state index contributed by atoms with van der Waals surface area (Å²) in [5.74, 6) is -3.43. The zero-order chi connectivity index (χ0) is 9.30. The van der Waals surface area contributed by atoms with Crippen molar-refractivity contribution in [3.8, 4) is 0 Å². The molecule has 0 N–H and O–H groups in total. The minimum Gasteiger partial charge on any atom is -0.285 e. The third-order valence-electron chi connectivity index (χ3n) is 1.50. The van der Waals surface area contributed by atoms with Gasteiger partial charge in [-0.2, -0.15) is 0 Å². The first-order valence-electron chi connectivity index (χ1n) is 3.10. The Labute approximate surface area is 66.8 Å². The molecule has 1 aromatic rings. The van der Waals surface area contributed by atoms with Crippen LogP contribution >= 0.6 is 0 Å². The van der Waals surface area contributed by atoms with E-state index in [0.717, 1.165) is 13.2 Å². The molecule has 4 heteroatoms. The van der Waals surface area contributed by atoms with Gasteiger partial charge in [0.15, 0.2) is 0 Å². The molecule has 12 heavy (non-hydrogen) atoms. The van der Waals surface area contributed by atoms with Crippen molar-refractivity contribution in [3.05, 3.63) is 34.6 Å². The van der Waals surface area contributed by atoms with Crippen molar-refractivity contribution >= 4 is 6.29 Å². The second-order valence-corrected chi connectivity index (χ2v) is 2.26. The predicted octanol–water partition coefficient (Wildman–Crippen LogP) is 1.87. The minimum atomic E-state index is -1.23. The molecule has 0 saturated heterocycles. The summed E-state index contributed by atoms with van der Waals surface area (Å²) in [6.07, 6.45) is 1.06. The molecule has 0 aliphatic carbocycles. The average molecular weight is 173 g/mol. The zero-order valence-corrected chi connectivity index (χ0v) is 6.12. The first kappa shape index (κ1) is 8.77. The Kier molecular flexibility index (Phi) is 2.17. The van der Waals surface area contributed by atoms with E-state index < -0.39 is 23.0 Å². The molecular weight excluding hydrogens is 169 g/mol. The standard InChI is InChI=1S/C8H4F3O/c1-4-6(9)2-7(10)5(3-12)8(4)11/h2H,1H3. The molecule has 0 amide bonds. The fourth-order valence-corrected chi connectivity index (χ4v) is 0.782. The number of halogens is 3. The highest BCUT2D eigenvalue weighted by Crippen LogP contribution is 2.17. The second kappa shape index (κ2) is 2.97. The van der Waals surface area contributed by atoms with Gasteiger partial charge in [-0.15, -0.1) is 0 Å². The lowest BCUT2D eigenvalue weighted by molar-refractivity contribution is 0.518. The summed E-state index contributed by atoms with van der Waals surface area (Å²) >= 11 is 0. The van der Waals surface area contributed by atoms with Crippen molar-refractivity contribution in [1.82, 2.24) is 0 Å². The third kappa shape index (κ3) is 1.20. The largest absolute Gasteiger partial charge is 0.285 e. The molecule has 0 unspecified atom stereocenters. The second-order valence-electron chi connectivity index (χ2n) is 2.26. The maximum atomic E-state index is 12.8. The molecule has 1 radical (unpaired) electrons. The lowest BCUT2D eigenvalue weighted by Crippen LogP contribution is -1.99. The van der Waals surface area contributed by atoms with Gasteiger partial charge < -0.3 is 0 Å². The van der Waals surface area contributed by atoms with Crippen LogP contribution < -0.4 is 0 Å². The molecule has 1 rings (SSSR count). The molecule has 0 heterocycles. The highest BCUT2D eigenvalue weighted by molar-refractivity contribution is 5.76. The van der Waals surface area contributed by atoms with Crippen LogP contribution in [0.4, 0.5) is 13.2 Å². The minimum absolute atomic E-state index is 0.380. The van der Waals surface area contributed by atoms with Gasteiger partial charge in [0.2, 0.25) is 6.29 Å². The molecule has 0 fully saturated rings. The third-order valence-corrected chi connectivity index (χ3v) is 1.50. The van der Waals surface area contributed by atoms with Crippen molar-refractivity contribution in [2.75, 3.05) is 0 Å². The Hall–Kier alpha value is -1.32. The normalized spacial score (nSPS) is 10.0. The van der Waals surface area contributed by atoms with Crippen molar-refractivity contribution in [2.24, 2.45) is 0 Å². The monoisotopic (exact) mass is 173 g/mol. The Bertz CT molecular complexity index is 334. The van der Waals surface area contributed by atoms with Crippen molar-refractivity contribution in [3.63, 3.8) is 0 Å². The van der Waals surface area contributed by atoms with E-state index in [4.69, 9.17) is 0 Å². The van der Waals surface area contributed by atoms with Gasteiger partial charge in [0, 0.05) is 11.6 Å². The van der Waals surface area contributed by atoms with Crippen LogP contribution in [0.5, 0.6) is 0 Å². The van der Waals surface area contributed by atoms with Crippen LogP contribution in [0.15, 0.2) is 6.07 Å². The van der Waals surface area contributed by atoms with Crippen LogP contribution in [0.3, 0.4) is 0 Å². The molecule has 0 saturated carbocycles. The number of carbonyl (C=O) groups excluding carboxylic acids is 1. The summed E-state index contributed by atoms with van der Waals surface area (Å²) in [5.41, 5.74) is -1.23. The molecule has 63 valence electrons. The topological polar surface area (TPSA) is 17.1 Å². The number of rotatable bonds is 1. The van der Waals surface area contributed by atoms with E-state index in [0.29, 0.717) is 6.07 Å². The van der Waals surface area contributed by atoms with E-state index >= 15 is 0 Å². The van der Waals surface area contributed by atoms with Gasteiger partial charge in [0.05, 0.1) is 5.56 Å². The molecule has 1 nitrogen and oxygen atoms in total. The molecule has 0 spiro atoms. The van der Waals surface area contributed by atoms with Crippen molar-refractivity contribution in [2.45, 2.75) is 6.92 Å². The first-order valence-corrected chi connectivity index (χ1v) is 3.10. The molecule has 0 bridgehead atoms. The van der Waals surface area contributed by atoms with Crippen LogP contribution in [0.25, 0.3) is 0 Å². The molecular formula is C8H4F3O. The Morgan fingerprint density at radius 3 is 2.33 bits per heavy atom. The van der Waals surface area contributed by atoms with Gasteiger partial charge in [-0.05, 0) is 6.92 Å². The van der Waals surface area contributed by atoms with E-state index in [1.165, 1.54) is 0 Å². The maximum Gasteiger partial charge on any atom is 0.239 e. The Morgan fingerprint density at radius 2 is 1.83 bits per heavy atom. The van der Waals surface area contributed by atoms with Crippen LogP contribution in [-0.2, 0) is 4.79 Å². The predicted molar refractivity (Wildman–Crippen MR) is 35.8 cm³/mol. The van der Waals surface area contributed by atoms with Crippen molar-refractivity contribution < 1.29 is 18.0 Å². The average Bonchev–Trinajstić information content (AvgIpc) is 2.01. The van der Waals surface area contributed by atoms with Crippen LogP contribution in [-0.4, -0.2) is 6.29 Å². The SMILES string of the molecule is Cc1c(F)cc(F)c([C]=O)c1F. The summed E-state index contributed by atoms with van der Waals surface area (Å²) in [4.78, 5) is 9.98. The molecule has 0 aliphatic heterocycles. The highest BCUT2D eigenvalue weighted by atomic mass is 19.1. The van der Waals surface area contributed by atoms with Gasteiger partial charge in [0.1, 0.15) is 17.5 Å². The summed E-state index contributed by atoms with van der Waals surface area (Å²) in [6.45, 7) is 1.12. The van der Waals surface area contributed by atoms with E-state index in [1.807, 2.05) is 0 Å². The maximum absolute atomic E-state index is 12.8. The molecule has 0 aromatic heterocycles. The summed E-state index contributed by atoms with van der Waals surface area (Å²) in [7, 11) is 0. The molecule has 1 aromatic carbocycles. The Morgan fingerprint density at radius 1 is 1.25 bits per heavy atom. The van der Waals surface area contributed by atoms with E-state index in [9.17, 15) is 18.0 Å². The number of benzene rings is 1. The van der Waals surface area contributed by atoms with Crippen molar-refractivity contribution in [1.29, 1.82) is 0 Å². The smallest absolute Gasteiger partial charge is 0.239 e. The van der Waals surface area contributed by atoms with Crippen LogP contribution in [0.1, 0.15) is 11.1 Å². The first-order chi connectivity index (χ1) is 5.57. The van der Waals surface area contributed by atoms with Gasteiger partial charge in [-0.1, -0.05) is 0 Å². The lowest BCUT2D eigenvalue weighted by atomic mass is 10.1. The van der Waals surface area contributed by atoms with Gasteiger partial charge in [-0.25, -0.2) is 13.2 Å². The fraction of sp³-hybridized carbons (Fsp3) is 0.125. The number of hydrogen-bond acceptors (Lipinski definition) is 1. The summed E-state index contributed by atoms with van der Waals surface area (Å²) in [6, 6.07) is 0.457. The molecule has 0 atom stereocenters. The molecule has 0 aliphatic rings. The van der Waals surface area contributed by atoms with E-state index in [-0.39, 0.29) is 5.56 Å². The highest BCUT2D eigenvalue weighted by Gasteiger charge is 2.15. The zero-order valence-electron chi connectivity index (χ0n) is 6.12. The van der Waals surface area contributed by atoms with Gasteiger partial charge in [0.25, 0.3) is 0 Å². The quantitative estimate of drug-likeness (QED) is 0.633. The van der Waals surface area contributed by atoms with Gasteiger partial charge in [-0.3, -0.25) is 4.79 Å². The van der Waals surface area contributed by atoms with Gasteiger partial charge >= 0.3 is 0 Å². The van der Waals surface area contributed by atoms with Crippen LogP contribution in [0.2, 0.25) is 0 Å². The summed E-state index contributed by atoms with van der Waals surface area (Å²) in [5, 5.41) is 0.